The molecule has 0 amide bonds. The Kier molecular flexibility index (Phi) is 8.79. The zero-order valence-corrected chi connectivity index (χ0v) is 20.3. The second-order valence-corrected chi connectivity index (χ2v) is 10.5. The molecule has 0 bridgehead atoms. The van der Waals surface area contributed by atoms with Gasteiger partial charge in [-0.2, -0.15) is 0 Å². The van der Waals surface area contributed by atoms with Gasteiger partial charge in [0.1, 0.15) is 16.7 Å². The summed E-state index contributed by atoms with van der Waals surface area (Å²) in [5, 5.41) is 12.2. The predicted molar refractivity (Wildman–Crippen MR) is 127 cm³/mol. The average molecular weight is 509 g/mol. The van der Waals surface area contributed by atoms with Crippen molar-refractivity contribution in [3.05, 3.63) is 65.0 Å². The van der Waals surface area contributed by atoms with Crippen LogP contribution in [0.1, 0.15) is 34.5 Å². The Morgan fingerprint density at radius 2 is 1.91 bits per heavy atom. The molecular formula is C23H25FNO7PS. The molecular weight excluding hydrogens is 484 g/mol. The van der Waals surface area contributed by atoms with E-state index in [9.17, 15) is 19.3 Å². The van der Waals surface area contributed by atoms with Crippen LogP contribution in [0.25, 0.3) is 10.1 Å². The number of ether oxygens (including phenoxy) is 2. The van der Waals surface area contributed by atoms with Crippen LogP contribution in [0.4, 0.5) is 4.39 Å². The fourth-order valence-electron chi connectivity index (χ4n) is 3.13. The summed E-state index contributed by atoms with van der Waals surface area (Å²) in [4.78, 5) is 23.9. The number of para-hydroxylation sites is 1. The van der Waals surface area contributed by atoms with Gasteiger partial charge in [-0.3, -0.25) is 9.36 Å². The molecule has 3 aromatic rings. The van der Waals surface area contributed by atoms with Gasteiger partial charge in [-0.05, 0) is 47.7 Å². The van der Waals surface area contributed by atoms with Gasteiger partial charge in [-0.1, -0.05) is 31.2 Å². The molecule has 34 heavy (non-hydrogen) atoms. The van der Waals surface area contributed by atoms with E-state index in [-0.39, 0.29) is 29.4 Å². The summed E-state index contributed by atoms with van der Waals surface area (Å²) in [5.74, 6) is -3.87. The number of methoxy groups -OCH3 is 1. The molecule has 8 nitrogen and oxygen atoms in total. The summed E-state index contributed by atoms with van der Waals surface area (Å²) in [7, 11) is -3.08. The molecule has 182 valence electrons. The maximum absolute atomic E-state index is 15.9. The van der Waals surface area contributed by atoms with Crippen molar-refractivity contribution < 1.29 is 37.6 Å². The van der Waals surface area contributed by atoms with Gasteiger partial charge in [-0.15, -0.1) is 11.3 Å². The van der Waals surface area contributed by atoms with Crippen molar-refractivity contribution in [3.8, 4) is 5.75 Å². The Bertz CT molecular complexity index is 1190. The van der Waals surface area contributed by atoms with Crippen LogP contribution in [-0.4, -0.2) is 43.4 Å². The van der Waals surface area contributed by atoms with Crippen LogP contribution in [0, 0.1) is 0 Å². The lowest BCUT2D eigenvalue weighted by atomic mass is 10.2. The maximum atomic E-state index is 15.9. The predicted octanol–water partition coefficient (Wildman–Crippen LogP) is 5.40. The number of nitrogens with one attached hydrogen (secondary N) is 1. The number of carbonyl (C=O) groups is 2. The van der Waals surface area contributed by atoms with Crippen molar-refractivity contribution >= 4 is 40.9 Å². The van der Waals surface area contributed by atoms with E-state index in [2.05, 4.69) is 5.09 Å². The number of aromatic carboxylic acids is 1. The van der Waals surface area contributed by atoms with E-state index in [1.165, 1.54) is 37.4 Å². The number of halogens is 1. The number of thiophene rings is 1. The lowest BCUT2D eigenvalue weighted by molar-refractivity contribution is -0.147. The van der Waals surface area contributed by atoms with E-state index in [1.807, 2.05) is 6.92 Å². The number of carbonyl (C=O) groups excluding carboxylic acids is 1. The molecule has 3 atom stereocenters. The Labute approximate surface area is 200 Å². The minimum atomic E-state index is -4.43. The molecule has 11 heteroatoms. The maximum Gasteiger partial charge on any atom is 0.355 e. The SMILES string of the molecule is CCCOC(=O)[C@H](COC)NP(=O)(Oc1ccccc1)C(F)c1ccc2sc(C(=O)O)cc2c1. The molecule has 0 aliphatic carbocycles. The number of esters is 1. The zero-order chi connectivity index (χ0) is 24.7. The topological polar surface area (TPSA) is 111 Å². The van der Waals surface area contributed by atoms with Crippen molar-refractivity contribution in [1.82, 2.24) is 5.09 Å². The standard InChI is InChI=1S/C23H25FNO7PS/c1-3-11-31-23(28)18(14-30-2)25-33(29,32-17-7-5-4-6-8-17)21(24)15-9-10-19-16(12-15)13-20(34-19)22(26)27/h4-10,12-13,18,21H,3,11,14H2,1-2H3,(H,25,29)(H,26,27)/t18-,21?,33?/m0/s1. The van der Waals surface area contributed by atoms with E-state index in [4.69, 9.17) is 14.0 Å². The highest BCUT2D eigenvalue weighted by Gasteiger charge is 2.42. The van der Waals surface area contributed by atoms with Gasteiger partial charge in [0.25, 0.3) is 0 Å². The van der Waals surface area contributed by atoms with Crippen molar-refractivity contribution in [1.29, 1.82) is 0 Å². The van der Waals surface area contributed by atoms with Gasteiger partial charge in [-0.25, -0.2) is 14.3 Å². The summed E-state index contributed by atoms with van der Waals surface area (Å²) >= 11 is 1.05. The largest absolute Gasteiger partial charge is 0.477 e. The van der Waals surface area contributed by atoms with E-state index < -0.39 is 31.4 Å². The smallest absolute Gasteiger partial charge is 0.355 e. The van der Waals surface area contributed by atoms with Crippen LogP contribution < -0.4 is 9.61 Å². The highest BCUT2D eigenvalue weighted by Crippen LogP contribution is 2.58. The van der Waals surface area contributed by atoms with Crippen LogP contribution in [-0.2, 0) is 18.8 Å². The molecule has 1 heterocycles. The molecule has 0 spiro atoms. The minimum absolute atomic E-state index is 0.00657. The van der Waals surface area contributed by atoms with Crippen LogP contribution in [0.2, 0.25) is 0 Å². The Hall–Kier alpha value is -2.78. The van der Waals surface area contributed by atoms with Crippen LogP contribution in [0.15, 0.2) is 54.6 Å². The van der Waals surface area contributed by atoms with Gasteiger partial charge >= 0.3 is 19.5 Å². The van der Waals surface area contributed by atoms with E-state index in [0.29, 0.717) is 16.5 Å². The minimum Gasteiger partial charge on any atom is -0.477 e. The molecule has 0 aliphatic heterocycles. The Morgan fingerprint density at radius 3 is 2.56 bits per heavy atom. The molecule has 0 saturated heterocycles. The highest BCUT2D eigenvalue weighted by atomic mass is 32.1. The zero-order valence-electron chi connectivity index (χ0n) is 18.6. The molecule has 0 saturated carbocycles. The summed E-state index contributed by atoms with van der Waals surface area (Å²) in [6.45, 7) is 1.75. The van der Waals surface area contributed by atoms with Gasteiger partial charge < -0.3 is 19.1 Å². The summed E-state index contributed by atoms with van der Waals surface area (Å²) in [6.07, 6.45) is 0.578. The number of benzene rings is 2. The number of carboxylic acid groups (broad SMARTS) is 1. The fourth-order valence-corrected chi connectivity index (χ4v) is 5.89. The number of alkyl halides is 1. The van der Waals surface area contributed by atoms with Crippen molar-refractivity contribution in [2.45, 2.75) is 25.3 Å². The van der Waals surface area contributed by atoms with Crippen molar-refractivity contribution in [3.63, 3.8) is 0 Å². The first-order valence-corrected chi connectivity index (χ1v) is 13.0. The van der Waals surface area contributed by atoms with Crippen molar-refractivity contribution in [2.75, 3.05) is 20.3 Å². The fraction of sp³-hybridized carbons (Fsp3) is 0.304. The Morgan fingerprint density at radius 1 is 1.18 bits per heavy atom. The van der Waals surface area contributed by atoms with Gasteiger partial charge in [0.15, 0.2) is 0 Å². The second kappa shape index (κ2) is 11.6. The van der Waals surface area contributed by atoms with E-state index in [1.54, 1.807) is 24.3 Å². The third-order valence-corrected chi connectivity index (χ3v) is 7.86. The quantitative estimate of drug-likeness (QED) is 0.247. The number of hydrogen-bond donors (Lipinski definition) is 2. The highest BCUT2D eigenvalue weighted by molar-refractivity contribution is 7.57. The summed E-state index contributed by atoms with van der Waals surface area (Å²) in [5.41, 5.74) is 0.00657. The molecule has 0 aliphatic rings. The molecule has 0 fully saturated rings. The number of carboxylic acids is 1. The average Bonchev–Trinajstić information content (AvgIpc) is 3.26. The van der Waals surface area contributed by atoms with Gasteiger partial charge in [0.2, 0.25) is 5.91 Å². The first-order valence-electron chi connectivity index (χ1n) is 10.5. The molecule has 0 radical (unpaired) electrons. The van der Waals surface area contributed by atoms with Gasteiger partial charge in [0.05, 0.1) is 13.2 Å². The third kappa shape index (κ3) is 6.21. The van der Waals surface area contributed by atoms with E-state index in [0.717, 1.165) is 11.3 Å². The normalized spacial score (nSPS) is 14.8. The first kappa shape index (κ1) is 25.8. The molecule has 2 N–H and O–H groups in total. The van der Waals surface area contributed by atoms with Crippen LogP contribution in [0.3, 0.4) is 0 Å². The summed E-state index contributed by atoms with van der Waals surface area (Å²) < 4.78 is 46.3. The molecule has 2 unspecified atom stereocenters. The van der Waals surface area contributed by atoms with Crippen molar-refractivity contribution in [2.24, 2.45) is 0 Å². The van der Waals surface area contributed by atoms with Crippen LogP contribution in [0.5, 0.6) is 5.75 Å². The first-order chi connectivity index (χ1) is 16.3. The molecule has 1 aromatic heterocycles. The monoisotopic (exact) mass is 509 g/mol. The van der Waals surface area contributed by atoms with Gasteiger partial charge in [0, 0.05) is 11.8 Å². The second-order valence-electron chi connectivity index (χ2n) is 7.35. The Balaban J connectivity index is 1.98. The molecule has 3 rings (SSSR count). The lowest BCUT2D eigenvalue weighted by Crippen LogP contribution is -2.41. The van der Waals surface area contributed by atoms with E-state index >= 15 is 4.39 Å². The third-order valence-electron chi connectivity index (χ3n) is 4.71. The number of rotatable bonds is 12. The molecule has 2 aromatic carbocycles. The number of hydrogen-bond acceptors (Lipinski definition) is 7. The number of fused-ring (bicyclic) bond motifs is 1. The summed E-state index contributed by atoms with van der Waals surface area (Å²) in [6, 6.07) is 12.6. The lowest BCUT2D eigenvalue weighted by Gasteiger charge is -2.27. The van der Waals surface area contributed by atoms with Crippen LogP contribution >= 0.6 is 18.9 Å².